The Kier molecular flexibility index (Phi) is 4.49. The molecule has 1 fully saturated rings. The maximum absolute atomic E-state index is 5.41. The predicted octanol–water partition coefficient (Wildman–Crippen LogP) is 3.03. The van der Waals surface area contributed by atoms with Crippen LogP contribution in [0, 0.1) is 0 Å². The van der Waals surface area contributed by atoms with Crippen molar-refractivity contribution in [2.75, 3.05) is 31.2 Å². The van der Waals surface area contributed by atoms with Gasteiger partial charge in [-0.05, 0) is 29.6 Å². The van der Waals surface area contributed by atoms with E-state index in [9.17, 15) is 0 Å². The van der Waals surface area contributed by atoms with Gasteiger partial charge in [0.15, 0.2) is 5.82 Å². The van der Waals surface area contributed by atoms with Crippen molar-refractivity contribution in [3.63, 3.8) is 0 Å². The van der Waals surface area contributed by atoms with E-state index < -0.39 is 0 Å². The SMILES string of the molecule is c1csc(Cc2cc(-c3nccc(N4CCOCC4)n3)ccn2)c1. The Balaban J connectivity index is 1.59. The summed E-state index contributed by atoms with van der Waals surface area (Å²) < 4.78 is 5.41. The number of nitrogens with zero attached hydrogens (tertiary/aromatic N) is 4. The molecule has 0 N–H and O–H groups in total. The summed E-state index contributed by atoms with van der Waals surface area (Å²) in [5, 5.41) is 2.09. The number of rotatable bonds is 4. The number of hydrogen-bond acceptors (Lipinski definition) is 6. The Labute approximate surface area is 145 Å². The largest absolute Gasteiger partial charge is 0.378 e. The van der Waals surface area contributed by atoms with Crippen molar-refractivity contribution in [3.05, 3.63) is 58.7 Å². The first-order valence-electron chi connectivity index (χ1n) is 8.02. The fourth-order valence-electron chi connectivity index (χ4n) is 2.76. The summed E-state index contributed by atoms with van der Waals surface area (Å²) in [6.07, 6.45) is 4.50. The highest BCUT2D eigenvalue weighted by Gasteiger charge is 2.13. The van der Waals surface area contributed by atoms with Gasteiger partial charge in [-0.2, -0.15) is 0 Å². The van der Waals surface area contributed by atoms with E-state index in [1.165, 1.54) is 4.88 Å². The van der Waals surface area contributed by atoms with E-state index >= 15 is 0 Å². The first-order chi connectivity index (χ1) is 11.9. The Bertz CT molecular complexity index is 800. The van der Waals surface area contributed by atoms with Crippen LogP contribution in [0.5, 0.6) is 0 Å². The normalized spacial score (nSPS) is 14.8. The second kappa shape index (κ2) is 7.07. The molecular formula is C18H18N4OS. The zero-order valence-electron chi connectivity index (χ0n) is 13.3. The van der Waals surface area contributed by atoms with Crippen LogP contribution in [-0.4, -0.2) is 41.3 Å². The van der Waals surface area contributed by atoms with Crippen molar-refractivity contribution >= 4 is 17.2 Å². The van der Waals surface area contributed by atoms with Crippen molar-refractivity contribution in [1.82, 2.24) is 15.0 Å². The molecule has 0 saturated carbocycles. The predicted molar refractivity (Wildman–Crippen MR) is 95.4 cm³/mol. The van der Waals surface area contributed by atoms with Crippen LogP contribution in [0.4, 0.5) is 5.82 Å². The fraction of sp³-hybridized carbons (Fsp3) is 0.278. The Morgan fingerprint density at radius 1 is 1.08 bits per heavy atom. The van der Waals surface area contributed by atoms with Gasteiger partial charge >= 0.3 is 0 Å². The molecule has 5 nitrogen and oxygen atoms in total. The van der Waals surface area contributed by atoms with Gasteiger partial charge in [-0.1, -0.05) is 6.07 Å². The van der Waals surface area contributed by atoms with Crippen LogP contribution < -0.4 is 4.90 Å². The van der Waals surface area contributed by atoms with Crippen molar-refractivity contribution < 1.29 is 4.74 Å². The lowest BCUT2D eigenvalue weighted by Crippen LogP contribution is -2.36. The van der Waals surface area contributed by atoms with Crippen LogP contribution in [-0.2, 0) is 11.2 Å². The van der Waals surface area contributed by atoms with Gasteiger partial charge in [0.1, 0.15) is 5.82 Å². The van der Waals surface area contributed by atoms with Crippen LogP contribution in [0.25, 0.3) is 11.4 Å². The summed E-state index contributed by atoms with van der Waals surface area (Å²) in [6.45, 7) is 3.24. The minimum atomic E-state index is 0.744. The maximum Gasteiger partial charge on any atom is 0.161 e. The minimum absolute atomic E-state index is 0.744. The third-order valence-electron chi connectivity index (χ3n) is 3.99. The highest BCUT2D eigenvalue weighted by atomic mass is 32.1. The molecule has 0 unspecified atom stereocenters. The van der Waals surface area contributed by atoms with Crippen molar-refractivity contribution in [1.29, 1.82) is 0 Å². The molecule has 3 aromatic rings. The fourth-order valence-corrected chi connectivity index (χ4v) is 3.48. The Morgan fingerprint density at radius 2 is 1.96 bits per heavy atom. The number of pyridine rings is 1. The standard InChI is InChI=1S/C18H18N4OS/c1-2-16(24-11-1)13-15-12-14(3-5-19-15)18-20-6-4-17(21-18)22-7-9-23-10-8-22/h1-6,11-12H,7-10,13H2. The molecule has 0 aromatic carbocycles. The van der Waals surface area contributed by atoms with Gasteiger partial charge in [-0.3, -0.25) is 4.98 Å². The quantitative estimate of drug-likeness (QED) is 0.732. The summed E-state index contributed by atoms with van der Waals surface area (Å²) in [6, 6.07) is 10.2. The van der Waals surface area contributed by atoms with Gasteiger partial charge in [-0.25, -0.2) is 9.97 Å². The van der Waals surface area contributed by atoms with E-state index in [0.29, 0.717) is 0 Å². The van der Waals surface area contributed by atoms with E-state index in [1.807, 2.05) is 24.5 Å². The zero-order valence-corrected chi connectivity index (χ0v) is 14.1. The lowest BCUT2D eigenvalue weighted by molar-refractivity contribution is 0.122. The topological polar surface area (TPSA) is 51.1 Å². The average Bonchev–Trinajstić information content (AvgIpc) is 3.16. The molecule has 0 bridgehead atoms. The Morgan fingerprint density at radius 3 is 2.79 bits per heavy atom. The molecule has 1 aliphatic rings. The van der Waals surface area contributed by atoms with E-state index in [1.54, 1.807) is 11.3 Å². The van der Waals surface area contributed by atoms with Crippen LogP contribution in [0.3, 0.4) is 0 Å². The first kappa shape index (κ1) is 15.2. The van der Waals surface area contributed by atoms with Crippen molar-refractivity contribution in [2.45, 2.75) is 6.42 Å². The Hall–Kier alpha value is -2.31. The molecule has 4 rings (SSSR count). The molecule has 122 valence electrons. The molecule has 1 saturated heterocycles. The molecular weight excluding hydrogens is 320 g/mol. The summed E-state index contributed by atoms with van der Waals surface area (Å²) in [5.41, 5.74) is 2.04. The smallest absolute Gasteiger partial charge is 0.161 e. The zero-order chi connectivity index (χ0) is 16.2. The maximum atomic E-state index is 5.41. The van der Waals surface area contributed by atoms with Gasteiger partial charge in [0, 0.05) is 48.0 Å². The molecule has 0 aliphatic carbocycles. The van der Waals surface area contributed by atoms with Crippen LogP contribution in [0.1, 0.15) is 10.6 Å². The molecule has 0 atom stereocenters. The van der Waals surface area contributed by atoms with Crippen LogP contribution in [0.2, 0.25) is 0 Å². The lowest BCUT2D eigenvalue weighted by atomic mass is 10.1. The average molecular weight is 338 g/mol. The van der Waals surface area contributed by atoms with Gasteiger partial charge in [0.2, 0.25) is 0 Å². The lowest BCUT2D eigenvalue weighted by Gasteiger charge is -2.27. The van der Waals surface area contributed by atoms with Crippen LogP contribution >= 0.6 is 11.3 Å². The number of aromatic nitrogens is 3. The molecule has 6 heteroatoms. The summed E-state index contributed by atoms with van der Waals surface area (Å²) in [4.78, 5) is 17.2. The summed E-state index contributed by atoms with van der Waals surface area (Å²) in [7, 11) is 0. The number of ether oxygens (including phenoxy) is 1. The molecule has 4 heterocycles. The monoisotopic (exact) mass is 338 g/mol. The van der Waals surface area contributed by atoms with Crippen molar-refractivity contribution in [3.8, 4) is 11.4 Å². The molecule has 0 spiro atoms. The molecule has 0 amide bonds. The summed E-state index contributed by atoms with van der Waals surface area (Å²) >= 11 is 1.75. The number of anilines is 1. The third-order valence-corrected chi connectivity index (χ3v) is 4.86. The van der Waals surface area contributed by atoms with Gasteiger partial charge < -0.3 is 9.64 Å². The van der Waals surface area contributed by atoms with E-state index in [4.69, 9.17) is 9.72 Å². The van der Waals surface area contributed by atoms with E-state index in [2.05, 4.69) is 38.4 Å². The van der Waals surface area contributed by atoms with Gasteiger partial charge in [0.05, 0.1) is 13.2 Å². The minimum Gasteiger partial charge on any atom is -0.378 e. The molecule has 1 aliphatic heterocycles. The van der Waals surface area contributed by atoms with Gasteiger partial charge in [0.25, 0.3) is 0 Å². The van der Waals surface area contributed by atoms with Gasteiger partial charge in [-0.15, -0.1) is 11.3 Å². The molecule has 3 aromatic heterocycles. The summed E-state index contributed by atoms with van der Waals surface area (Å²) in [5.74, 6) is 1.70. The van der Waals surface area contributed by atoms with E-state index in [0.717, 1.165) is 55.6 Å². The molecule has 0 radical (unpaired) electrons. The first-order valence-corrected chi connectivity index (χ1v) is 8.90. The number of morpholine rings is 1. The second-order valence-corrected chi connectivity index (χ2v) is 6.66. The third kappa shape index (κ3) is 3.44. The number of thiophene rings is 1. The highest BCUT2D eigenvalue weighted by molar-refractivity contribution is 7.09. The van der Waals surface area contributed by atoms with Crippen LogP contribution in [0.15, 0.2) is 48.1 Å². The molecule has 24 heavy (non-hydrogen) atoms. The number of hydrogen-bond donors (Lipinski definition) is 0. The van der Waals surface area contributed by atoms with Crippen molar-refractivity contribution in [2.24, 2.45) is 0 Å². The second-order valence-electron chi connectivity index (χ2n) is 5.63. The highest BCUT2D eigenvalue weighted by Crippen LogP contribution is 2.21. The van der Waals surface area contributed by atoms with E-state index in [-0.39, 0.29) is 0 Å².